The van der Waals surface area contributed by atoms with Gasteiger partial charge in [-0.05, 0) is 25.2 Å². The molecule has 0 bridgehead atoms. The van der Waals surface area contributed by atoms with Crippen molar-refractivity contribution in [2.24, 2.45) is 5.41 Å². The first-order valence-corrected chi connectivity index (χ1v) is 5.70. The Morgan fingerprint density at radius 1 is 1.33 bits per heavy atom. The van der Waals surface area contributed by atoms with Crippen LogP contribution in [0.1, 0.15) is 52.9 Å². The predicted molar refractivity (Wildman–Crippen MR) is 59.5 cm³/mol. The number of hydrogen-bond acceptors (Lipinski definition) is 2. The second kappa shape index (κ2) is 4.77. The summed E-state index contributed by atoms with van der Waals surface area (Å²) in [6, 6.07) is 0.289. The lowest BCUT2D eigenvalue weighted by Crippen LogP contribution is -2.41. The fourth-order valence-corrected chi connectivity index (χ4v) is 2.15. The molecule has 0 heterocycles. The molecule has 0 aromatic rings. The van der Waals surface area contributed by atoms with Gasteiger partial charge in [-0.25, -0.2) is 0 Å². The van der Waals surface area contributed by atoms with Gasteiger partial charge in [0.25, 0.3) is 0 Å². The van der Waals surface area contributed by atoms with Crippen molar-refractivity contribution in [3.05, 3.63) is 0 Å². The van der Waals surface area contributed by atoms with Crippen LogP contribution in [0.2, 0.25) is 0 Å². The Balaban J connectivity index is 2.35. The Kier molecular flexibility index (Phi) is 3.89. The van der Waals surface area contributed by atoms with E-state index >= 15 is 0 Å². The van der Waals surface area contributed by atoms with Gasteiger partial charge in [0.15, 0.2) is 0 Å². The molecule has 0 spiro atoms. The Hall–Kier alpha value is -0.860. The van der Waals surface area contributed by atoms with Crippen LogP contribution < -0.4 is 5.32 Å². The lowest BCUT2D eigenvalue weighted by Gasteiger charge is -2.27. The zero-order valence-electron chi connectivity index (χ0n) is 9.93. The van der Waals surface area contributed by atoms with Gasteiger partial charge in [0, 0.05) is 18.9 Å². The molecule has 1 aliphatic rings. The van der Waals surface area contributed by atoms with Crippen LogP contribution in [0.3, 0.4) is 0 Å². The molecule has 1 aliphatic carbocycles. The maximum absolute atomic E-state index is 11.5. The van der Waals surface area contributed by atoms with Gasteiger partial charge in [0.05, 0.1) is 0 Å². The molecule has 3 heteroatoms. The molecule has 0 aliphatic heterocycles. The minimum Gasteiger partial charge on any atom is -0.353 e. The third kappa shape index (κ3) is 3.65. The van der Waals surface area contributed by atoms with Crippen molar-refractivity contribution >= 4 is 11.7 Å². The van der Waals surface area contributed by atoms with Gasteiger partial charge < -0.3 is 10.1 Å². The molecule has 1 fully saturated rings. The Bertz CT molecular complexity index is 258. The van der Waals surface area contributed by atoms with Gasteiger partial charge in [0.2, 0.25) is 5.91 Å². The normalized spacial score (nSPS) is 23.8. The maximum Gasteiger partial charge on any atom is 0.220 e. The fourth-order valence-electron chi connectivity index (χ4n) is 2.15. The van der Waals surface area contributed by atoms with Crippen LogP contribution in [0, 0.1) is 5.41 Å². The minimum atomic E-state index is 0.0187. The first-order chi connectivity index (χ1) is 6.92. The van der Waals surface area contributed by atoms with Crippen molar-refractivity contribution in [1.29, 1.82) is 0 Å². The monoisotopic (exact) mass is 211 g/mol. The fraction of sp³-hybridized carbons (Fsp3) is 0.833. The average molecular weight is 211 g/mol. The molecule has 0 radical (unpaired) electrons. The van der Waals surface area contributed by atoms with E-state index in [2.05, 4.69) is 19.2 Å². The summed E-state index contributed by atoms with van der Waals surface area (Å²) in [5.41, 5.74) is 0.214. The van der Waals surface area contributed by atoms with Crippen LogP contribution in [-0.4, -0.2) is 17.7 Å². The van der Waals surface area contributed by atoms with E-state index < -0.39 is 0 Å². The first kappa shape index (κ1) is 12.2. The lowest BCUT2D eigenvalue weighted by atomic mass is 9.87. The number of Topliss-reactive ketones (excluding diaryl/α,β-unsaturated/α-hetero) is 1. The van der Waals surface area contributed by atoms with Crippen LogP contribution in [-0.2, 0) is 9.59 Å². The number of carbonyl (C=O) groups excluding carboxylic acids is 2. The highest BCUT2D eigenvalue weighted by atomic mass is 16.2. The largest absolute Gasteiger partial charge is 0.353 e. The summed E-state index contributed by atoms with van der Waals surface area (Å²) in [6.45, 7) is 5.90. The molecule has 1 rings (SSSR count). The summed E-state index contributed by atoms with van der Waals surface area (Å²) in [4.78, 5) is 22.3. The van der Waals surface area contributed by atoms with Crippen molar-refractivity contribution in [1.82, 2.24) is 5.32 Å². The first-order valence-electron chi connectivity index (χ1n) is 5.70. The maximum atomic E-state index is 11.5. The van der Waals surface area contributed by atoms with E-state index in [1.807, 2.05) is 0 Å². The standard InChI is InChI=1S/C12H21NO2/c1-9(14)6-7-11(15)13-10-5-4-8-12(10,2)3/h10H,4-8H2,1-3H3,(H,13,15). The number of amides is 1. The number of carbonyl (C=O) groups is 2. The molecular formula is C12H21NO2. The number of hydrogen-bond donors (Lipinski definition) is 1. The molecule has 15 heavy (non-hydrogen) atoms. The van der Waals surface area contributed by atoms with Crippen molar-refractivity contribution in [3.63, 3.8) is 0 Å². The van der Waals surface area contributed by atoms with Crippen LogP contribution in [0.25, 0.3) is 0 Å². The van der Waals surface area contributed by atoms with Gasteiger partial charge in [-0.1, -0.05) is 20.3 Å². The molecule has 86 valence electrons. The van der Waals surface area contributed by atoms with E-state index in [1.165, 1.54) is 19.8 Å². The molecule has 1 amide bonds. The SMILES string of the molecule is CC(=O)CCC(=O)NC1CCCC1(C)C. The molecule has 1 unspecified atom stereocenters. The molecule has 0 saturated heterocycles. The Morgan fingerprint density at radius 3 is 2.47 bits per heavy atom. The molecule has 0 aromatic carbocycles. The van der Waals surface area contributed by atoms with Gasteiger partial charge >= 0.3 is 0 Å². The second-order valence-corrected chi connectivity index (χ2v) is 5.20. The van der Waals surface area contributed by atoms with E-state index in [0.29, 0.717) is 12.8 Å². The van der Waals surface area contributed by atoms with Gasteiger partial charge in [-0.3, -0.25) is 4.79 Å². The summed E-state index contributed by atoms with van der Waals surface area (Å²) < 4.78 is 0. The summed E-state index contributed by atoms with van der Waals surface area (Å²) in [5, 5.41) is 3.03. The number of nitrogens with one attached hydrogen (secondary N) is 1. The molecular weight excluding hydrogens is 190 g/mol. The van der Waals surface area contributed by atoms with Crippen molar-refractivity contribution < 1.29 is 9.59 Å². The summed E-state index contributed by atoms with van der Waals surface area (Å²) >= 11 is 0. The van der Waals surface area contributed by atoms with E-state index in [1.54, 1.807) is 0 Å². The number of ketones is 1. The van der Waals surface area contributed by atoms with Crippen LogP contribution in [0.5, 0.6) is 0 Å². The highest BCUT2D eigenvalue weighted by Gasteiger charge is 2.35. The van der Waals surface area contributed by atoms with Gasteiger partial charge in [-0.2, -0.15) is 0 Å². The van der Waals surface area contributed by atoms with E-state index in [-0.39, 0.29) is 23.1 Å². The quantitative estimate of drug-likeness (QED) is 0.773. The van der Waals surface area contributed by atoms with Crippen LogP contribution in [0.15, 0.2) is 0 Å². The predicted octanol–water partition coefficient (Wildman–Crippen LogP) is 2.05. The van der Waals surface area contributed by atoms with Gasteiger partial charge in [0.1, 0.15) is 5.78 Å². The molecule has 1 N–H and O–H groups in total. The molecule has 1 atom stereocenters. The van der Waals surface area contributed by atoms with E-state index in [4.69, 9.17) is 0 Å². The minimum absolute atomic E-state index is 0.0187. The zero-order chi connectivity index (χ0) is 11.5. The molecule has 1 saturated carbocycles. The highest BCUT2D eigenvalue weighted by molar-refractivity contribution is 5.83. The topological polar surface area (TPSA) is 46.2 Å². The average Bonchev–Trinajstić information content (AvgIpc) is 2.43. The Labute approximate surface area is 91.6 Å². The smallest absolute Gasteiger partial charge is 0.220 e. The summed E-state index contributed by atoms with van der Waals surface area (Å²) in [5.74, 6) is 0.0982. The zero-order valence-corrected chi connectivity index (χ0v) is 9.93. The van der Waals surface area contributed by atoms with E-state index in [9.17, 15) is 9.59 Å². The van der Waals surface area contributed by atoms with Crippen LogP contribution >= 0.6 is 0 Å². The molecule has 0 aromatic heterocycles. The van der Waals surface area contributed by atoms with Crippen molar-refractivity contribution in [2.75, 3.05) is 0 Å². The third-order valence-corrected chi connectivity index (χ3v) is 3.30. The van der Waals surface area contributed by atoms with Crippen molar-refractivity contribution in [3.8, 4) is 0 Å². The summed E-state index contributed by atoms with van der Waals surface area (Å²) in [6.07, 6.45) is 4.12. The molecule has 3 nitrogen and oxygen atoms in total. The lowest BCUT2D eigenvalue weighted by molar-refractivity contribution is -0.125. The third-order valence-electron chi connectivity index (χ3n) is 3.30. The van der Waals surface area contributed by atoms with E-state index in [0.717, 1.165) is 6.42 Å². The number of rotatable bonds is 4. The van der Waals surface area contributed by atoms with Crippen LogP contribution in [0.4, 0.5) is 0 Å². The van der Waals surface area contributed by atoms with Crippen molar-refractivity contribution in [2.45, 2.75) is 58.9 Å². The Morgan fingerprint density at radius 2 is 2.00 bits per heavy atom. The summed E-state index contributed by atoms with van der Waals surface area (Å²) in [7, 11) is 0. The van der Waals surface area contributed by atoms with Gasteiger partial charge in [-0.15, -0.1) is 0 Å². The second-order valence-electron chi connectivity index (χ2n) is 5.20. The highest BCUT2D eigenvalue weighted by Crippen LogP contribution is 2.37.